The van der Waals surface area contributed by atoms with E-state index in [9.17, 15) is 42.2 Å². The molecular weight excluding hydrogens is 388 g/mol. The molecule has 0 amide bonds. The molecule has 0 atom stereocenters. The van der Waals surface area contributed by atoms with E-state index in [0.717, 1.165) is 0 Å². The third kappa shape index (κ3) is 3.20. The van der Waals surface area contributed by atoms with Gasteiger partial charge in [-0.1, -0.05) is 11.6 Å². The summed E-state index contributed by atoms with van der Waals surface area (Å²) in [6.07, 6.45) is -5.22. The highest BCUT2D eigenvalue weighted by atomic mass is 35.5. The maximum Gasteiger partial charge on any atom is 0.419 e. The van der Waals surface area contributed by atoms with E-state index in [2.05, 4.69) is 0 Å². The van der Waals surface area contributed by atoms with Gasteiger partial charge in [-0.3, -0.25) is 4.79 Å². The first-order chi connectivity index (χ1) is 11.9. The van der Waals surface area contributed by atoms with Gasteiger partial charge in [-0.15, -0.1) is 0 Å². The van der Waals surface area contributed by atoms with E-state index in [1.807, 2.05) is 0 Å². The molecule has 0 radical (unpaired) electrons. The Morgan fingerprint density at radius 2 is 1.65 bits per heavy atom. The van der Waals surface area contributed by atoms with Crippen LogP contribution in [0.2, 0.25) is 5.02 Å². The minimum atomic E-state index is -5.22. The minimum absolute atomic E-state index is 0.147. The van der Waals surface area contributed by atoms with E-state index >= 15 is 0 Å². The zero-order valence-corrected chi connectivity index (χ0v) is 13.0. The summed E-state index contributed by atoms with van der Waals surface area (Å²) in [6.45, 7) is 0. The molecule has 0 saturated heterocycles. The van der Waals surface area contributed by atoms with Crippen LogP contribution in [0.15, 0.2) is 16.9 Å². The Morgan fingerprint density at radius 1 is 1.12 bits per heavy atom. The van der Waals surface area contributed by atoms with Gasteiger partial charge >= 0.3 is 18.1 Å². The van der Waals surface area contributed by atoms with Crippen LogP contribution in [0.25, 0.3) is 11.1 Å². The molecule has 1 aromatic heterocycles. The molecule has 0 aliphatic rings. The third-order valence-corrected chi connectivity index (χ3v) is 3.57. The summed E-state index contributed by atoms with van der Waals surface area (Å²) in [5, 5.41) is 17.4. The van der Waals surface area contributed by atoms with Gasteiger partial charge in [0, 0.05) is 5.56 Å². The highest BCUT2D eigenvalue weighted by Crippen LogP contribution is 2.39. The molecule has 0 fully saturated rings. The van der Waals surface area contributed by atoms with Gasteiger partial charge in [0.15, 0.2) is 5.82 Å². The van der Waals surface area contributed by atoms with Crippen LogP contribution in [0.1, 0.15) is 26.3 Å². The Kier molecular flexibility index (Phi) is 4.69. The first-order valence-electron chi connectivity index (χ1n) is 6.45. The number of carboxylic acids is 2. The normalized spacial score (nSPS) is 11.4. The van der Waals surface area contributed by atoms with Gasteiger partial charge in [-0.25, -0.2) is 14.0 Å². The fraction of sp³-hybridized carbons (Fsp3) is 0.0714. The molecule has 0 aliphatic carbocycles. The Labute approximate surface area is 145 Å². The summed E-state index contributed by atoms with van der Waals surface area (Å²) in [4.78, 5) is 36.4. The molecule has 2 rings (SSSR count). The van der Waals surface area contributed by atoms with Gasteiger partial charge in [0.05, 0.1) is 10.6 Å². The highest BCUT2D eigenvalue weighted by Gasteiger charge is 2.37. The number of aromatic carboxylic acids is 2. The van der Waals surface area contributed by atoms with Crippen molar-refractivity contribution in [2.45, 2.75) is 6.18 Å². The van der Waals surface area contributed by atoms with Crippen molar-refractivity contribution >= 4 is 29.4 Å². The van der Waals surface area contributed by atoms with Crippen LogP contribution in [-0.2, 0) is 6.18 Å². The van der Waals surface area contributed by atoms with Crippen molar-refractivity contribution < 1.29 is 37.4 Å². The van der Waals surface area contributed by atoms with Crippen LogP contribution in [0.4, 0.5) is 23.4 Å². The predicted octanol–water partition coefficient (Wildman–Crippen LogP) is 2.83. The average molecular weight is 395 g/mol. The quantitative estimate of drug-likeness (QED) is 0.591. The van der Waals surface area contributed by atoms with Crippen LogP contribution in [-0.4, -0.2) is 27.1 Å². The van der Waals surface area contributed by atoms with E-state index in [0.29, 0.717) is 6.07 Å². The second kappa shape index (κ2) is 6.33. The maximum absolute atomic E-state index is 13.7. The fourth-order valence-electron chi connectivity index (χ4n) is 2.28. The van der Waals surface area contributed by atoms with E-state index in [4.69, 9.17) is 17.3 Å². The number of nitrogens with two attached hydrogens (primary N) is 1. The Bertz CT molecular complexity index is 1000. The average Bonchev–Trinajstić information content (AvgIpc) is 2.46. The number of nitrogen functional groups attached to an aromatic ring is 1. The highest BCUT2D eigenvalue weighted by molar-refractivity contribution is 6.31. The SMILES string of the molecule is Nc1[nH]c(=O)c(C(=O)O)c(-c2cc(Cl)c(F)c(C(F)(F)F)c2)c1C(=O)O. The van der Waals surface area contributed by atoms with E-state index in [-0.39, 0.29) is 6.07 Å². The number of nitrogens with one attached hydrogen (secondary N) is 1. The third-order valence-electron chi connectivity index (χ3n) is 3.29. The van der Waals surface area contributed by atoms with Crippen molar-refractivity contribution in [1.82, 2.24) is 4.98 Å². The first kappa shape index (κ1) is 19.2. The van der Waals surface area contributed by atoms with Gasteiger partial charge < -0.3 is 20.9 Å². The summed E-state index contributed by atoms with van der Waals surface area (Å²) in [5.74, 6) is -6.39. The first-order valence-corrected chi connectivity index (χ1v) is 6.83. The number of pyridine rings is 1. The number of aromatic amines is 1. The summed E-state index contributed by atoms with van der Waals surface area (Å²) in [7, 11) is 0. The van der Waals surface area contributed by atoms with Crippen LogP contribution >= 0.6 is 11.6 Å². The molecule has 5 N–H and O–H groups in total. The zero-order valence-electron chi connectivity index (χ0n) is 12.2. The monoisotopic (exact) mass is 394 g/mol. The summed E-state index contributed by atoms with van der Waals surface area (Å²) in [5.41, 5.74) is -1.71. The number of anilines is 1. The lowest BCUT2D eigenvalue weighted by Gasteiger charge is -2.15. The molecule has 0 unspecified atom stereocenters. The topological polar surface area (TPSA) is 133 Å². The minimum Gasteiger partial charge on any atom is -0.478 e. The number of alkyl halides is 3. The molecule has 0 bridgehead atoms. The zero-order chi connectivity index (χ0) is 20.0. The Hall–Kier alpha value is -3.08. The van der Waals surface area contributed by atoms with Crippen molar-refractivity contribution in [3.8, 4) is 11.1 Å². The predicted molar refractivity (Wildman–Crippen MR) is 80.8 cm³/mol. The molecule has 138 valence electrons. The van der Waals surface area contributed by atoms with E-state index in [1.54, 1.807) is 4.98 Å². The van der Waals surface area contributed by atoms with Gasteiger partial charge in [-0.05, 0) is 17.7 Å². The van der Waals surface area contributed by atoms with Crippen LogP contribution < -0.4 is 11.3 Å². The Morgan fingerprint density at radius 3 is 2.12 bits per heavy atom. The molecule has 0 saturated carbocycles. The summed E-state index contributed by atoms with van der Waals surface area (Å²) >= 11 is 5.43. The van der Waals surface area contributed by atoms with Gasteiger partial charge in [-0.2, -0.15) is 13.2 Å². The number of hydrogen-bond acceptors (Lipinski definition) is 4. The number of H-pyrrole nitrogens is 1. The maximum atomic E-state index is 13.7. The number of carbonyl (C=O) groups is 2. The van der Waals surface area contributed by atoms with E-state index in [1.165, 1.54) is 0 Å². The van der Waals surface area contributed by atoms with Crippen molar-refractivity contribution in [3.05, 3.63) is 50.0 Å². The molecule has 1 heterocycles. The standard InChI is InChI=1S/C14H7ClF4N2O5/c15-5-2-3(1-4(9(5)16)14(17,18)19)6-7(12(23)24)10(20)21-11(22)8(6)13(25)26/h1-2H,(H,23,24)(H,25,26)(H3,20,21,22). The van der Waals surface area contributed by atoms with Crippen LogP contribution in [0.3, 0.4) is 0 Å². The lowest BCUT2D eigenvalue weighted by Crippen LogP contribution is -2.24. The second-order valence-electron chi connectivity index (χ2n) is 4.92. The van der Waals surface area contributed by atoms with Gasteiger partial charge in [0.2, 0.25) is 0 Å². The lowest BCUT2D eigenvalue weighted by molar-refractivity contribution is -0.139. The molecule has 26 heavy (non-hydrogen) atoms. The van der Waals surface area contributed by atoms with Gasteiger partial charge in [0.1, 0.15) is 16.9 Å². The number of benzene rings is 1. The van der Waals surface area contributed by atoms with Crippen molar-refractivity contribution in [2.75, 3.05) is 5.73 Å². The molecule has 12 heteroatoms. The number of carboxylic acid groups (broad SMARTS) is 2. The van der Waals surface area contributed by atoms with Crippen molar-refractivity contribution in [2.24, 2.45) is 0 Å². The van der Waals surface area contributed by atoms with Crippen LogP contribution in [0.5, 0.6) is 0 Å². The molecule has 7 nitrogen and oxygen atoms in total. The van der Waals surface area contributed by atoms with Gasteiger partial charge in [0.25, 0.3) is 5.56 Å². The molecular formula is C14H7ClF4N2O5. The van der Waals surface area contributed by atoms with Crippen LogP contribution in [0, 0.1) is 5.82 Å². The van der Waals surface area contributed by atoms with Crippen molar-refractivity contribution in [1.29, 1.82) is 0 Å². The number of halogens is 5. The smallest absolute Gasteiger partial charge is 0.419 e. The number of hydrogen-bond donors (Lipinski definition) is 4. The summed E-state index contributed by atoms with van der Waals surface area (Å²) in [6, 6.07) is 0.716. The largest absolute Gasteiger partial charge is 0.478 e. The second-order valence-corrected chi connectivity index (χ2v) is 5.33. The number of aromatic nitrogens is 1. The molecule has 2 aromatic rings. The molecule has 0 aliphatic heterocycles. The number of rotatable bonds is 3. The fourth-order valence-corrected chi connectivity index (χ4v) is 2.49. The summed E-state index contributed by atoms with van der Waals surface area (Å²) < 4.78 is 52.6. The molecule has 1 aromatic carbocycles. The molecule has 0 spiro atoms. The lowest BCUT2D eigenvalue weighted by atomic mass is 9.94. The Balaban J connectivity index is 3.06. The van der Waals surface area contributed by atoms with E-state index < -0.39 is 68.1 Å². The van der Waals surface area contributed by atoms with Crippen molar-refractivity contribution in [3.63, 3.8) is 0 Å².